The van der Waals surface area contributed by atoms with Crippen molar-refractivity contribution in [2.45, 2.75) is 38.5 Å². The summed E-state index contributed by atoms with van der Waals surface area (Å²) in [6.45, 7) is 4.56. The zero-order chi connectivity index (χ0) is 17.2. The van der Waals surface area contributed by atoms with Gasteiger partial charge in [-0.25, -0.2) is 4.68 Å². The molecule has 132 valence electrons. The molecule has 0 bridgehead atoms. The van der Waals surface area contributed by atoms with Crippen LogP contribution in [0.5, 0.6) is 0 Å². The highest BCUT2D eigenvalue weighted by molar-refractivity contribution is 7.98. The predicted molar refractivity (Wildman–Crippen MR) is 100 cm³/mol. The van der Waals surface area contributed by atoms with Gasteiger partial charge in [-0.15, -0.1) is 5.10 Å². The first-order valence-corrected chi connectivity index (χ1v) is 10.1. The number of nitrogens with zero attached hydrogens (tertiary/aromatic N) is 5. The van der Waals surface area contributed by atoms with Crippen LogP contribution in [0.1, 0.15) is 29.8 Å². The van der Waals surface area contributed by atoms with E-state index in [0.717, 1.165) is 55.4 Å². The van der Waals surface area contributed by atoms with Gasteiger partial charge < -0.3 is 4.90 Å². The summed E-state index contributed by atoms with van der Waals surface area (Å²) < 4.78 is 1.62. The van der Waals surface area contributed by atoms with E-state index in [1.807, 2.05) is 18.7 Å². The van der Waals surface area contributed by atoms with Gasteiger partial charge in [-0.3, -0.25) is 4.79 Å². The highest BCUT2D eigenvalue weighted by atomic mass is 32.2. The van der Waals surface area contributed by atoms with Gasteiger partial charge in [0.15, 0.2) is 5.82 Å². The van der Waals surface area contributed by atoms with Crippen LogP contribution < -0.4 is 10.5 Å². The molecule has 4 rings (SSSR count). The Kier molecular flexibility index (Phi) is 4.74. The normalized spacial score (nSPS) is 18.2. The first-order chi connectivity index (χ1) is 12.2. The fourth-order valence-corrected chi connectivity index (χ4v) is 4.51. The van der Waals surface area contributed by atoms with Gasteiger partial charge in [-0.1, -0.05) is 0 Å². The number of aryl methyl sites for hydroxylation is 2. The Morgan fingerprint density at radius 2 is 2.08 bits per heavy atom. The summed E-state index contributed by atoms with van der Waals surface area (Å²) in [4.78, 5) is 14.3. The Morgan fingerprint density at radius 3 is 2.92 bits per heavy atom. The minimum absolute atomic E-state index is 0.00826. The van der Waals surface area contributed by atoms with Crippen molar-refractivity contribution < 1.29 is 0 Å². The molecular formula is C18H23N5OS. The maximum atomic E-state index is 11.9. The molecule has 0 N–H and O–H groups in total. The lowest BCUT2D eigenvalue weighted by Gasteiger charge is -2.33. The third-order valence-corrected chi connectivity index (χ3v) is 6.07. The lowest BCUT2D eigenvalue weighted by molar-refractivity contribution is 0.333. The van der Waals surface area contributed by atoms with Gasteiger partial charge in [-0.2, -0.15) is 22.0 Å². The fraction of sp³-hybridized carbons (Fsp3) is 0.556. The minimum Gasteiger partial charge on any atom is -0.355 e. The van der Waals surface area contributed by atoms with Crippen LogP contribution in [0.3, 0.4) is 0 Å². The van der Waals surface area contributed by atoms with Crippen molar-refractivity contribution >= 4 is 17.6 Å². The van der Waals surface area contributed by atoms with Crippen LogP contribution in [0.15, 0.2) is 23.0 Å². The summed E-state index contributed by atoms with van der Waals surface area (Å²) in [5, 5.41) is 13.2. The van der Waals surface area contributed by atoms with Gasteiger partial charge in [-0.05, 0) is 49.1 Å². The maximum absolute atomic E-state index is 11.9. The average Bonchev–Trinajstić information content (AvgIpc) is 2.65. The number of hydrogen-bond donors (Lipinski definition) is 0. The van der Waals surface area contributed by atoms with E-state index in [-0.39, 0.29) is 5.56 Å². The van der Waals surface area contributed by atoms with Crippen molar-refractivity contribution in [3.8, 4) is 0 Å². The summed E-state index contributed by atoms with van der Waals surface area (Å²) in [5.74, 6) is 3.70. The molecule has 0 aromatic carbocycles. The van der Waals surface area contributed by atoms with Gasteiger partial charge in [0.1, 0.15) is 0 Å². The zero-order valence-electron chi connectivity index (χ0n) is 14.5. The molecule has 2 aliphatic heterocycles. The van der Waals surface area contributed by atoms with Gasteiger partial charge in [0.25, 0.3) is 5.56 Å². The number of piperidine rings is 1. The molecule has 25 heavy (non-hydrogen) atoms. The number of rotatable bonds is 3. The van der Waals surface area contributed by atoms with E-state index in [2.05, 4.69) is 26.3 Å². The van der Waals surface area contributed by atoms with Gasteiger partial charge in [0, 0.05) is 37.9 Å². The second kappa shape index (κ2) is 7.15. The number of aromatic nitrogens is 4. The first-order valence-electron chi connectivity index (χ1n) is 8.92. The molecule has 0 unspecified atom stereocenters. The first kappa shape index (κ1) is 16.6. The van der Waals surface area contributed by atoms with E-state index in [9.17, 15) is 4.79 Å². The molecular weight excluding hydrogens is 334 g/mol. The Labute approximate surface area is 151 Å². The van der Waals surface area contributed by atoms with Gasteiger partial charge >= 0.3 is 0 Å². The molecule has 0 amide bonds. The Hall–Kier alpha value is -1.89. The average molecular weight is 357 g/mol. The molecule has 2 aromatic heterocycles. The zero-order valence-corrected chi connectivity index (χ0v) is 15.3. The highest BCUT2D eigenvalue weighted by Crippen LogP contribution is 2.27. The molecule has 2 aliphatic rings. The van der Waals surface area contributed by atoms with E-state index in [4.69, 9.17) is 0 Å². The van der Waals surface area contributed by atoms with Crippen molar-refractivity contribution in [2.75, 3.05) is 23.7 Å². The third kappa shape index (κ3) is 3.71. The lowest BCUT2D eigenvalue weighted by atomic mass is 9.96. The molecule has 4 heterocycles. The Balaban J connectivity index is 1.40. The van der Waals surface area contributed by atoms with Crippen LogP contribution >= 0.6 is 11.8 Å². The smallest absolute Gasteiger partial charge is 0.266 e. The summed E-state index contributed by atoms with van der Waals surface area (Å²) in [6, 6.07) is 5.61. The van der Waals surface area contributed by atoms with E-state index >= 15 is 0 Å². The molecule has 7 heteroatoms. The van der Waals surface area contributed by atoms with E-state index < -0.39 is 0 Å². The van der Waals surface area contributed by atoms with E-state index in [1.54, 1.807) is 16.8 Å². The van der Waals surface area contributed by atoms with Crippen molar-refractivity contribution in [1.82, 2.24) is 20.0 Å². The molecule has 0 saturated carbocycles. The highest BCUT2D eigenvalue weighted by Gasteiger charge is 2.23. The molecule has 0 atom stereocenters. The van der Waals surface area contributed by atoms with Crippen LogP contribution in [0, 0.1) is 12.8 Å². The van der Waals surface area contributed by atoms with Crippen LogP contribution in [-0.2, 0) is 18.7 Å². The van der Waals surface area contributed by atoms with Crippen LogP contribution in [0.4, 0.5) is 5.82 Å². The minimum atomic E-state index is -0.00826. The lowest BCUT2D eigenvalue weighted by Crippen LogP contribution is -2.37. The summed E-state index contributed by atoms with van der Waals surface area (Å²) in [7, 11) is 0. The largest absolute Gasteiger partial charge is 0.355 e. The third-order valence-electron chi connectivity index (χ3n) is 5.06. The fourth-order valence-electron chi connectivity index (χ4n) is 3.56. The van der Waals surface area contributed by atoms with Crippen molar-refractivity contribution in [3.63, 3.8) is 0 Å². The number of fused-ring (bicyclic) bond motifs is 1. The van der Waals surface area contributed by atoms with Gasteiger partial charge in [0.2, 0.25) is 0 Å². The van der Waals surface area contributed by atoms with Crippen LogP contribution in [0.2, 0.25) is 0 Å². The molecule has 2 aromatic rings. The molecule has 1 saturated heterocycles. The van der Waals surface area contributed by atoms with E-state index in [1.165, 1.54) is 11.3 Å². The molecule has 1 fully saturated rings. The predicted octanol–water partition coefficient (Wildman–Crippen LogP) is 2.05. The summed E-state index contributed by atoms with van der Waals surface area (Å²) >= 11 is 1.97. The molecule has 0 radical (unpaired) electrons. The van der Waals surface area contributed by atoms with Crippen molar-refractivity contribution in [3.05, 3.63) is 45.5 Å². The van der Waals surface area contributed by atoms with Crippen molar-refractivity contribution in [2.24, 2.45) is 5.92 Å². The Bertz CT molecular complexity index is 813. The number of anilines is 1. The quantitative estimate of drug-likeness (QED) is 0.838. The van der Waals surface area contributed by atoms with Crippen molar-refractivity contribution in [1.29, 1.82) is 0 Å². The molecule has 0 spiro atoms. The monoisotopic (exact) mass is 357 g/mol. The summed E-state index contributed by atoms with van der Waals surface area (Å²) in [5.41, 5.74) is 3.39. The number of hydrogen-bond acceptors (Lipinski definition) is 6. The standard InChI is InChI=1S/C18H23N5OS/c1-13-2-3-18(24)23(21-13)11-14-4-7-22(8-5-14)17-10-15-12-25-9-6-16(15)19-20-17/h2-3,10,14H,4-9,11-12H2,1H3. The summed E-state index contributed by atoms with van der Waals surface area (Å²) in [6.07, 6.45) is 3.14. The van der Waals surface area contributed by atoms with E-state index in [0.29, 0.717) is 12.5 Å². The van der Waals surface area contributed by atoms with Crippen LogP contribution in [0.25, 0.3) is 0 Å². The molecule has 0 aliphatic carbocycles. The second-order valence-electron chi connectivity index (χ2n) is 6.90. The second-order valence-corrected chi connectivity index (χ2v) is 8.01. The number of thioether (sulfide) groups is 1. The molecule has 6 nitrogen and oxygen atoms in total. The Morgan fingerprint density at radius 1 is 1.24 bits per heavy atom. The topological polar surface area (TPSA) is 63.9 Å². The maximum Gasteiger partial charge on any atom is 0.266 e. The van der Waals surface area contributed by atoms with Crippen LogP contribution in [-0.4, -0.2) is 38.8 Å². The SMILES string of the molecule is Cc1ccc(=O)n(CC2CCN(c3cc4c(nn3)CCSC4)CC2)n1. The van der Waals surface area contributed by atoms with Gasteiger partial charge in [0.05, 0.1) is 11.4 Å².